The van der Waals surface area contributed by atoms with Gasteiger partial charge in [0.25, 0.3) is 0 Å². The lowest BCUT2D eigenvalue weighted by atomic mass is 9.88. The summed E-state index contributed by atoms with van der Waals surface area (Å²) < 4.78 is 0. The van der Waals surface area contributed by atoms with Crippen LogP contribution >= 0.6 is 35.3 Å². The van der Waals surface area contributed by atoms with Crippen molar-refractivity contribution in [3.05, 3.63) is 22.4 Å². The van der Waals surface area contributed by atoms with Gasteiger partial charge in [-0.1, -0.05) is 6.07 Å². The highest BCUT2D eigenvalue weighted by molar-refractivity contribution is 14.0. The number of aliphatic hydroxyl groups excluding tert-OH is 1. The molecule has 2 fully saturated rings. The van der Waals surface area contributed by atoms with E-state index in [0.717, 1.165) is 45.0 Å². The summed E-state index contributed by atoms with van der Waals surface area (Å²) in [6.07, 6.45) is 4.04. The number of thiophene rings is 1. The highest BCUT2D eigenvalue weighted by Crippen LogP contribution is 2.37. The predicted octanol–water partition coefficient (Wildman–Crippen LogP) is 3.17. The van der Waals surface area contributed by atoms with Crippen LogP contribution in [-0.2, 0) is 0 Å². The summed E-state index contributed by atoms with van der Waals surface area (Å²) >= 11 is 1.87. The molecule has 26 heavy (non-hydrogen) atoms. The van der Waals surface area contributed by atoms with Gasteiger partial charge in [-0.15, -0.1) is 35.3 Å². The molecule has 0 bridgehead atoms. The van der Waals surface area contributed by atoms with Crippen molar-refractivity contribution in [2.75, 3.05) is 39.8 Å². The summed E-state index contributed by atoms with van der Waals surface area (Å²) in [5.41, 5.74) is 0. The quantitative estimate of drug-likeness (QED) is 0.385. The van der Waals surface area contributed by atoms with Crippen LogP contribution in [-0.4, -0.2) is 66.7 Å². The highest BCUT2D eigenvalue weighted by Gasteiger charge is 2.31. The van der Waals surface area contributed by atoms with Gasteiger partial charge in [-0.3, -0.25) is 9.89 Å². The summed E-state index contributed by atoms with van der Waals surface area (Å²) in [4.78, 5) is 11.3. The molecule has 0 spiro atoms. The number of aliphatic hydroxyl groups is 1. The Labute approximate surface area is 178 Å². The van der Waals surface area contributed by atoms with Crippen LogP contribution in [0.4, 0.5) is 0 Å². The first kappa shape index (κ1) is 21.9. The normalized spacial score (nSPS) is 25.8. The molecule has 0 aliphatic carbocycles. The van der Waals surface area contributed by atoms with Crippen molar-refractivity contribution in [2.45, 2.75) is 44.8 Å². The molecule has 0 radical (unpaired) electrons. The topological polar surface area (TPSA) is 51.1 Å². The van der Waals surface area contributed by atoms with E-state index in [2.05, 4.69) is 46.6 Å². The Kier molecular flexibility index (Phi) is 9.12. The van der Waals surface area contributed by atoms with Gasteiger partial charge in [-0.2, -0.15) is 0 Å². The zero-order chi connectivity index (χ0) is 17.6. The van der Waals surface area contributed by atoms with Crippen molar-refractivity contribution >= 4 is 41.3 Å². The number of rotatable bonds is 4. The fourth-order valence-corrected chi connectivity index (χ4v) is 5.05. The summed E-state index contributed by atoms with van der Waals surface area (Å²) in [7, 11) is 2.25. The Balaban J connectivity index is 0.00000243. The smallest absolute Gasteiger partial charge is 0.193 e. The van der Waals surface area contributed by atoms with Crippen molar-refractivity contribution in [2.24, 2.45) is 10.9 Å². The Hall–Kier alpha value is -0.380. The van der Waals surface area contributed by atoms with Gasteiger partial charge in [0.1, 0.15) is 0 Å². The maximum Gasteiger partial charge on any atom is 0.193 e. The van der Waals surface area contributed by atoms with Crippen molar-refractivity contribution in [3.63, 3.8) is 0 Å². The van der Waals surface area contributed by atoms with Crippen LogP contribution in [0.25, 0.3) is 0 Å². The minimum absolute atomic E-state index is 0. The Morgan fingerprint density at radius 3 is 2.73 bits per heavy atom. The van der Waals surface area contributed by atoms with Crippen molar-refractivity contribution in [1.29, 1.82) is 0 Å². The van der Waals surface area contributed by atoms with Gasteiger partial charge in [0, 0.05) is 37.1 Å². The second kappa shape index (κ2) is 10.8. The van der Waals surface area contributed by atoms with Gasteiger partial charge in [0.05, 0.1) is 6.10 Å². The van der Waals surface area contributed by atoms with E-state index in [1.54, 1.807) is 0 Å². The third-order valence-corrected chi connectivity index (χ3v) is 6.36. The molecule has 2 aliphatic rings. The molecule has 3 rings (SSSR count). The average Bonchev–Trinajstić information content (AvgIpc) is 3.13. The van der Waals surface area contributed by atoms with Gasteiger partial charge >= 0.3 is 0 Å². The molecule has 1 aromatic heterocycles. The third-order valence-electron chi connectivity index (χ3n) is 5.42. The Morgan fingerprint density at radius 1 is 1.31 bits per heavy atom. The van der Waals surface area contributed by atoms with Crippen LogP contribution < -0.4 is 5.32 Å². The number of aliphatic imine (C=N–C) groups is 1. The zero-order valence-electron chi connectivity index (χ0n) is 15.9. The fraction of sp³-hybridized carbons (Fsp3) is 0.737. The maximum absolute atomic E-state index is 9.75. The molecular formula is C19H33IN4OS. The molecule has 5 nitrogen and oxygen atoms in total. The number of guanidine groups is 1. The van der Waals surface area contributed by atoms with E-state index < -0.39 is 0 Å². The summed E-state index contributed by atoms with van der Waals surface area (Å²) in [6, 6.07) is 4.92. The van der Waals surface area contributed by atoms with Crippen LogP contribution in [0.2, 0.25) is 0 Å². The lowest BCUT2D eigenvalue weighted by Gasteiger charge is -2.38. The predicted molar refractivity (Wildman–Crippen MR) is 121 cm³/mol. The van der Waals surface area contributed by atoms with Gasteiger partial charge in [0.15, 0.2) is 5.96 Å². The first-order chi connectivity index (χ1) is 12.2. The van der Waals surface area contributed by atoms with Crippen LogP contribution in [0.3, 0.4) is 0 Å². The first-order valence-corrected chi connectivity index (χ1v) is 10.5. The van der Waals surface area contributed by atoms with Gasteiger partial charge < -0.3 is 15.3 Å². The van der Waals surface area contributed by atoms with E-state index in [0.29, 0.717) is 12.0 Å². The van der Waals surface area contributed by atoms with Crippen LogP contribution in [0.15, 0.2) is 22.5 Å². The molecule has 1 aromatic rings. The molecule has 2 atom stereocenters. The van der Waals surface area contributed by atoms with Crippen molar-refractivity contribution < 1.29 is 5.11 Å². The molecule has 2 saturated heterocycles. The Morgan fingerprint density at radius 2 is 2.08 bits per heavy atom. The minimum Gasteiger partial charge on any atom is -0.393 e. The SMILES string of the molecule is CCNC(=NCC1CCCN(C)C1c1cccs1)N1CCC(O)CC1.I. The minimum atomic E-state index is -0.144. The number of likely N-dealkylation sites (tertiary alicyclic amines) is 2. The molecule has 0 amide bonds. The fourth-order valence-electron chi connectivity index (χ4n) is 4.07. The largest absolute Gasteiger partial charge is 0.393 e. The third kappa shape index (κ3) is 5.56. The van der Waals surface area contributed by atoms with E-state index in [9.17, 15) is 5.11 Å². The standard InChI is InChI=1S/C19H32N4OS.HI/c1-3-20-19(23-11-8-16(24)9-12-23)21-14-15-6-4-10-22(2)18(15)17-7-5-13-25-17;/h5,7,13,15-16,18,24H,3-4,6,8-12,14H2,1-2H3,(H,20,21);1H. The van der Waals surface area contributed by atoms with E-state index in [-0.39, 0.29) is 30.1 Å². The van der Waals surface area contributed by atoms with Crippen LogP contribution in [0.1, 0.15) is 43.5 Å². The second-order valence-electron chi connectivity index (χ2n) is 7.26. The van der Waals surface area contributed by atoms with E-state index in [1.807, 2.05) is 11.3 Å². The van der Waals surface area contributed by atoms with Gasteiger partial charge in [-0.05, 0) is 63.6 Å². The molecule has 2 unspecified atom stereocenters. The number of hydrogen-bond donors (Lipinski definition) is 2. The molecule has 0 aromatic carbocycles. The molecule has 7 heteroatoms. The van der Waals surface area contributed by atoms with E-state index in [1.165, 1.54) is 24.3 Å². The summed E-state index contributed by atoms with van der Waals surface area (Å²) in [6.45, 7) is 6.84. The van der Waals surface area contributed by atoms with Crippen LogP contribution in [0, 0.1) is 5.92 Å². The van der Waals surface area contributed by atoms with Gasteiger partial charge in [0.2, 0.25) is 0 Å². The second-order valence-corrected chi connectivity index (χ2v) is 8.24. The molecular weight excluding hydrogens is 459 g/mol. The molecule has 2 aliphatic heterocycles. The number of nitrogens with one attached hydrogen (secondary N) is 1. The summed E-state index contributed by atoms with van der Waals surface area (Å²) in [5.74, 6) is 1.59. The molecule has 148 valence electrons. The van der Waals surface area contributed by atoms with E-state index in [4.69, 9.17) is 4.99 Å². The number of nitrogens with zero attached hydrogens (tertiary/aromatic N) is 3. The lowest BCUT2D eigenvalue weighted by molar-refractivity contribution is 0.107. The molecule has 3 heterocycles. The summed E-state index contributed by atoms with van der Waals surface area (Å²) in [5, 5.41) is 15.4. The Bertz CT molecular complexity index is 546. The molecule has 2 N–H and O–H groups in total. The molecule has 0 saturated carbocycles. The van der Waals surface area contributed by atoms with Crippen LogP contribution in [0.5, 0.6) is 0 Å². The number of piperidine rings is 2. The number of halogens is 1. The zero-order valence-corrected chi connectivity index (χ0v) is 19.1. The number of hydrogen-bond acceptors (Lipinski definition) is 4. The van der Waals surface area contributed by atoms with Crippen molar-refractivity contribution in [1.82, 2.24) is 15.1 Å². The average molecular weight is 492 g/mol. The maximum atomic E-state index is 9.75. The van der Waals surface area contributed by atoms with Gasteiger partial charge in [-0.25, -0.2) is 0 Å². The lowest BCUT2D eigenvalue weighted by Crippen LogP contribution is -2.47. The van der Waals surface area contributed by atoms with E-state index >= 15 is 0 Å². The monoisotopic (exact) mass is 492 g/mol. The highest BCUT2D eigenvalue weighted by atomic mass is 127. The first-order valence-electron chi connectivity index (χ1n) is 9.64. The van der Waals surface area contributed by atoms with Crippen molar-refractivity contribution in [3.8, 4) is 0 Å².